The molecule has 0 aliphatic carbocycles. The Bertz CT molecular complexity index is 238. The van der Waals surface area contributed by atoms with Crippen LogP contribution in [0.3, 0.4) is 0 Å². The molecule has 0 bridgehead atoms. The minimum absolute atomic E-state index is 0.461. The number of aromatic nitrogens is 2. The average Bonchev–Trinajstić information content (AvgIpc) is 2.03. The third-order valence-corrected chi connectivity index (χ3v) is 1.09. The molecule has 1 rings (SSSR count). The lowest BCUT2D eigenvalue weighted by Crippen LogP contribution is -2.06. The zero-order valence-corrected chi connectivity index (χ0v) is 6.36. The Morgan fingerprint density at radius 2 is 2.18 bits per heavy atom. The molecule has 1 aromatic rings. The molecule has 0 unspecified atom stereocenters. The van der Waals surface area contributed by atoms with Crippen LogP contribution in [0.1, 0.15) is 12.7 Å². The van der Waals surface area contributed by atoms with Crippen LogP contribution in [-0.4, -0.2) is 15.8 Å². The molecule has 1 aromatic heterocycles. The maximum Gasteiger partial charge on any atom is 0.149 e. The van der Waals surface area contributed by atoms with Crippen molar-refractivity contribution in [1.82, 2.24) is 9.97 Å². The van der Waals surface area contributed by atoms with Crippen molar-refractivity contribution in [2.75, 3.05) is 0 Å². The van der Waals surface area contributed by atoms with E-state index in [0.717, 1.165) is 0 Å². The number of nitrogens with zero attached hydrogens (tertiary/aromatic N) is 3. The number of rotatable bonds is 2. The maximum absolute atomic E-state index is 5.33. The lowest BCUT2D eigenvalue weighted by Gasteiger charge is -1.92. The van der Waals surface area contributed by atoms with Crippen molar-refractivity contribution >= 4 is 5.84 Å². The topological polar surface area (TPSA) is 64.2 Å². The molecule has 0 saturated heterocycles. The van der Waals surface area contributed by atoms with E-state index in [1.165, 1.54) is 0 Å². The van der Waals surface area contributed by atoms with Crippen LogP contribution in [0.2, 0.25) is 0 Å². The van der Waals surface area contributed by atoms with Crippen molar-refractivity contribution in [3.8, 4) is 0 Å². The van der Waals surface area contributed by atoms with Gasteiger partial charge in [0.05, 0.1) is 5.84 Å². The summed E-state index contributed by atoms with van der Waals surface area (Å²) in [5.41, 5.74) is 5.33. The molecule has 4 nitrogen and oxygen atoms in total. The van der Waals surface area contributed by atoms with Gasteiger partial charge in [0.15, 0.2) is 0 Å². The third-order valence-electron chi connectivity index (χ3n) is 1.09. The molecule has 0 aliphatic heterocycles. The molecule has 0 atom stereocenters. The van der Waals surface area contributed by atoms with Crippen molar-refractivity contribution < 1.29 is 0 Å². The molecule has 11 heavy (non-hydrogen) atoms. The van der Waals surface area contributed by atoms with Gasteiger partial charge in [0.2, 0.25) is 0 Å². The highest BCUT2D eigenvalue weighted by atomic mass is 14.9. The Kier molecular flexibility index (Phi) is 2.54. The lowest BCUT2D eigenvalue weighted by molar-refractivity contribution is 0.906. The fourth-order valence-electron chi connectivity index (χ4n) is 0.607. The smallest absolute Gasteiger partial charge is 0.149 e. The van der Waals surface area contributed by atoms with E-state index in [1.54, 1.807) is 25.4 Å². The first-order valence-electron chi connectivity index (χ1n) is 3.31. The van der Waals surface area contributed by atoms with Crippen LogP contribution in [-0.2, 0) is 6.54 Å². The highest BCUT2D eigenvalue weighted by Crippen LogP contribution is 1.89. The fourth-order valence-corrected chi connectivity index (χ4v) is 0.607. The van der Waals surface area contributed by atoms with Gasteiger partial charge in [0.1, 0.15) is 12.4 Å². The average molecular weight is 150 g/mol. The van der Waals surface area contributed by atoms with Crippen molar-refractivity contribution in [2.24, 2.45) is 10.7 Å². The summed E-state index contributed by atoms with van der Waals surface area (Å²) in [5, 5.41) is 0. The summed E-state index contributed by atoms with van der Waals surface area (Å²) in [6.07, 6.45) is 3.37. The molecule has 0 aromatic carbocycles. The second-order valence-corrected chi connectivity index (χ2v) is 2.12. The highest BCUT2D eigenvalue weighted by Gasteiger charge is 1.89. The summed E-state index contributed by atoms with van der Waals surface area (Å²) in [5.74, 6) is 1.25. The van der Waals surface area contributed by atoms with Crippen LogP contribution < -0.4 is 5.73 Å². The Balaban J connectivity index is 2.59. The molecular formula is C7H10N4. The van der Waals surface area contributed by atoms with Gasteiger partial charge < -0.3 is 5.73 Å². The number of nitrogens with two attached hydrogens (primary N) is 1. The normalized spacial score (nSPS) is 11.5. The Morgan fingerprint density at radius 1 is 1.55 bits per heavy atom. The van der Waals surface area contributed by atoms with E-state index in [2.05, 4.69) is 15.0 Å². The maximum atomic E-state index is 5.33. The minimum atomic E-state index is 0.461. The first kappa shape index (κ1) is 7.65. The van der Waals surface area contributed by atoms with Crippen molar-refractivity contribution in [3.63, 3.8) is 0 Å². The summed E-state index contributed by atoms with van der Waals surface area (Å²) < 4.78 is 0. The molecule has 0 radical (unpaired) electrons. The Hall–Kier alpha value is -1.45. The van der Waals surface area contributed by atoms with Gasteiger partial charge in [-0.05, 0) is 13.0 Å². The van der Waals surface area contributed by atoms with Crippen LogP contribution in [0.15, 0.2) is 23.5 Å². The molecule has 4 heteroatoms. The Labute approximate surface area is 65.2 Å². The molecule has 1 heterocycles. The minimum Gasteiger partial charge on any atom is -0.388 e. The van der Waals surface area contributed by atoms with E-state index in [4.69, 9.17) is 5.73 Å². The van der Waals surface area contributed by atoms with E-state index in [1.807, 2.05) is 0 Å². The number of aliphatic imine (C=N–C) groups is 1. The quantitative estimate of drug-likeness (QED) is 0.489. The standard InChI is InChI=1S/C7H10N4/c1-6(8)11-5-7-9-3-2-4-10-7/h2-4H,5H2,1H3,(H2,8,11). The predicted octanol–water partition coefficient (Wildman–Crippen LogP) is 0.354. The third kappa shape index (κ3) is 2.75. The lowest BCUT2D eigenvalue weighted by atomic mass is 10.5. The zero-order chi connectivity index (χ0) is 8.10. The van der Waals surface area contributed by atoms with Gasteiger partial charge >= 0.3 is 0 Å². The second-order valence-electron chi connectivity index (χ2n) is 2.12. The van der Waals surface area contributed by atoms with Gasteiger partial charge in [0, 0.05) is 12.4 Å². The van der Waals surface area contributed by atoms with Gasteiger partial charge in [-0.3, -0.25) is 4.99 Å². The van der Waals surface area contributed by atoms with Crippen molar-refractivity contribution in [3.05, 3.63) is 24.3 Å². The molecule has 0 amide bonds. The van der Waals surface area contributed by atoms with Gasteiger partial charge in [-0.2, -0.15) is 0 Å². The first-order valence-corrected chi connectivity index (χ1v) is 3.31. The van der Waals surface area contributed by atoms with Gasteiger partial charge in [-0.15, -0.1) is 0 Å². The second kappa shape index (κ2) is 3.65. The summed E-state index contributed by atoms with van der Waals surface area (Å²) in [7, 11) is 0. The van der Waals surface area contributed by atoms with Crippen molar-refractivity contribution in [2.45, 2.75) is 13.5 Å². The Morgan fingerprint density at radius 3 is 2.73 bits per heavy atom. The van der Waals surface area contributed by atoms with Gasteiger partial charge in [-0.1, -0.05) is 0 Å². The molecule has 0 aliphatic rings. The predicted molar refractivity (Wildman–Crippen MR) is 43.0 cm³/mol. The number of hydrogen-bond acceptors (Lipinski definition) is 3. The zero-order valence-electron chi connectivity index (χ0n) is 6.36. The molecule has 0 spiro atoms. The molecule has 2 N–H and O–H groups in total. The number of amidine groups is 1. The highest BCUT2D eigenvalue weighted by molar-refractivity contribution is 5.77. The van der Waals surface area contributed by atoms with E-state index in [0.29, 0.717) is 18.2 Å². The number of hydrogen-bond donors (Lipinski definition) is 1. The van der Waals surface area contributed by atoms with Crippen LogP contribution in [0.25, 0.3) is 0 Å². The van der Waals surface area contributed by atoms with Crippen LogP contribution in [0, 0.1) is 0 Å². The van der Waals surface area contributed by atoms with Crippen LogP contribution >= 0.6 is 0 Å². The summed E-state index contributed by atoms with van der Waals surface area (Å²) in [6, 6.07) is 1.77. The first-order chi connectivity index (χ1) is 5.29. The monoisotopic (exact) mass is 150 g/mol. The molecule has 0 fully saturated rings. The summed E-state index contributed by atoms with van der Waals surface area (Å²) in [6.45, 7) is 2.20. The van der Waals surface area contributed by atoms with Crippen LogP contribution in [0.5, 0.6) is 0 Å². The van der Waals surface area contributed by atoms with E-state index >= 15 is 0 Å². The molecule has 0 saturated carbocycles. The van der Waals surface area contributed by atoms with E-state index < -0.39 is 0 Å². The van der Waals surface area contributed by atoms with E-state index in [9.17, 15) is 0 Å². The summed E-state index contributed by atoms with van der Waals surface area (Å²) >= 11 is 0. The van der Waals surface area contributed by atoms with Gasteiger partial charge in [-0.25, -0.2) is 9.97 Å². The van der Waals surface area contributed by atoms with Crippen LogP contribution in [0.4, 0.5) is 0 Å². The van der Waals surface area contributed by atoms with E-state index in [-0.39, 0.29) is 0 Å². The molecular weight excluding hydrogens is 140 g/mol. The van der Waals surface area contributed by atoms with Crippen molar-refractivity contribution in [1.29, 1.82) is 0 Å². The fraction of sp³-hybridized carbons (Fsp3) is 0.286. The largest absolute Gasteiger partial charge is 0.388 e. The SMILES string of the molecule is CC(N)=NCc1ncccn1. The summed E-state index contributed by atoms with van der Waals surface area (Å²) in [4.78, 5) is 11.9. The molecule has 58 valence electrons. The van der Waals surface area contributed by atoms with Gasteiger partial charge in [0.25, 0.3) is 0 Å².